The van der Waals surface area contributed by atoms with Gasteiger partial charge in [0.05, 0.1) is 11.3 Å². The van der Waals surface area contributed by atoms with E-state index in [-0.39, 0.29) is 11.8 Å². The molecule has 28 heavy (non-hydrogen) atoms. The lowest BCUT2D eigenvalue weighted by Crippen LogP contribution is -2.47. The van der Waals surface area contributed by atoms with E-state index in [9.17, 15) is 9.59 Å². The van der Waals surface area contributed by atoms with Crippen LogP contribution in [0.2, 0.25) is 5.02 Å². The van der Waals surface area contributed by atoms with Crippen molar-refractivity contribution in [3.63, 3.8) is 0 Å². The number of carbonyl (C=O) groups is 2. The van der Waals surface area contributed by atoms with Gasteiger partial charge in [-0.1, -0.05) is 44.7 Å². The number of nitrogens with one attached hydrogen (secondary N) is 3. The van der Waals surface area contributed by atoms with Gasteiger partial charge in [0.25, 0.3) is 5.91 Å². The molecule has 0 spiro atoms. The van der Waals surface area contributed by atoms with Gasteiger partial charge in [0.1, 0.15) is 0 Å². The summed E-state index contributed by atoms with van der Waals surface area (Å²) in [7, 11) is 0. The number of rotatable bonds is 8. The van der Waals surface area contributed by atoms with Crippen molar-refractivity contribution in [3.05, 3.63) is 28.8 Å². The summed E-state index contributed by atoms with van der Waals surface area (Å²) in [6.07, 6.45) is 6.07. The van der Waals surface area contributed by atoms with Gasteiger partial charge in [-0.05, 0) is 49.2 Å². The number of hydrogen-bond donors (Lipinski definition) is 3. The second kappa shape index (κ2) is 11.2. The fourth-order valence-corrected chi connectivity index (χ4v) is 3.46. The first-order valence-corrected chi connectivity index (χ1v) is 10.6. The van der Waals surface area contributed by atoms with Crippen LogP contribution in [0.1, 0.15) is 62.7 Å². The predicted octanol–water partition coefficient (Wildman–Crippen LogP) is 3.79. The smallest absolute Gasteiger partial charge is 0.271 e. The fraction of sp³-hybridized carbons (Fsp3) is 0.550. The van der Waals surface area contributed by atoms with E-state index >= 15 is 0 Å². The van der Waals surface area contributed by atoms with Gasteiger partial charge in [0.2, 0.25) is 5.91 Å². The average molecular weight is 425 g/mol. The molecule has 1 heterocycles. The van der Waals surface area contributed by atoms with Gasteiger partial charge in [-0.15, -0.1) is 0 Å². The number of benzene rings is 1. The molecule has 1 fully saturated rings. The van der Waals surface area contributed by atoms with E-state index in [4.69, 9.17) is 23.8 Å². The van der Waals surface area contributed by atoms with Crippen molar-refractivity contribution >= 4 is 46.4 Å². The van der Waals surface area contributed by atoms with Crippen molar-refractivity contribution in [1.29, 1.82) is 0 Å². The summed E-state index contributed by atoms with van der Waals surface area (Å²) < 4.78 is 0. The second-order valence-corrected chi connectivity index (χ2v) is 8.05. The van der Waals surface area contributed by atoms with Crippen LogP contribution < -0.4 is 21.1 Å². The van der Waals surface area contributed by atoms with Crippen molar-refractivity contribution in [2.24, 2.45) is 5.92 Å². The summed E-state index contributed by atoms with van der Waals surface area (Å²) in [6.45, 7) is 5.70. The first-order chi connectivity index (χ1) is 13.4. The maximum Gasteiger partial charge on any atom is 0.271 e. The highest BCUT2D eigenvalue weighted by Gasteiger charge is 2.26. The summed E-state index contributed by atoms with van der Waals surface area (Å²) >= 11 is 11.3. The van der Waals surface area contributed by atoms with Crippen LogP contribution in [0.4, 0.5) is 5.69 Å². The van der Waals surface area contributed by atoms with E-state index in [1.54, 1.807) is 23.1 Å². The highest BCUT2D eigenvalue weighted by molar-refractivity contribution is 7.80. The largest absolute Gasteiger partial charge is 0.361 e. The molecule has 8 heteroatoms. The Morgan fingerprint density at radius 2 is 2.11 bits per heavy atom. The molecule has 1 aromatic carbocycles. The Hall–Kier alpha value is -1.86. The average Bonchev–Trinajstić information content (AvgIpc) is 3.10. The number of hydrogen-bond acceptors (Lipinski definition) is 3. The molecule has 0 saturated carbocycles. The highest BCUT2D eigenvalue weighted by Crippen LogP contribution is 2.28. The Labute approximate surface area is 177 Å². The number of amides is 2. The molecule has 1 aliphatic rings. The van der Waals surface area contributed by atoms with Gasteiger partial charge in [0, 0.05) is 24.5 Å². The van der Waals surface area contributed by atoms with Crippen LogP contribution in [0.25, 0.3) is 0 Å². The van der Waals surface area contributed by atoms with Crippen LogP contribution in [0, 0.1) is 5.92 Å². The lowest BCUT2D eigenvalue weighted by atomic mass is 10.0. The van der Waals surface area contributed by atoms with Crippen molar-refractivity contribution < 1.29 is 9.59 Å². The molecular weight excluding hydrogens is 396 g/mol. The van der Waals surface area contributed by atoms with Crippen LogP contribution in [0.15, 0.2) is 18.2 Å². The van der Waals surface area contributed by atoms with Crippen LogP contribution in [0.5, 0.6) is 0 Å². The first kappa shape index (κ1) is 22.4. The number of thiocarbonyl (C=S) groups is 1. The highest BCUT2D eigenvalue weighted by atomic mass is 35.5. The molecule has 0 aromatic heterocycles. The molecule has 0 aliphatic carbocycles. The maximum absolute atomic E-state index is 12.6. The number of halogens is 1. The Bertz CT molecular complexity index is 713. The zero-order valence-electron chi connectivity index (χ0n) is 16.5. The number of unbranched alkanes of at least 4 members (excludes halogenated alkanes) is 2. The SMILES string of the molecule is CCCCC[C@@H](C)CNC(=S)NNC(=O)c1ccc(Cl)cc1N1CCCC1=O. The Kier molecular flexibility index (Phi) is 8.99. The molecule has 2 amide bonds. The van der Waals surface area contributed by atoms with Crippen LogP contribution >= 0.6 is 23.8 Å². The molecule has 1 aliphatic heterocycles. The summed E-state index contributed by atoms with van der Waals surface area (Å²) in [4.78, 5) is 26.3. The standard InChI is InChI=1S/C20H29ClN4O2S/c1-3-4-5-7-14(2)13-22-20(28)24-23-19(27)16-10-9-15(21)12-17(16)25-11-6-8-18(25)26/h9-10,12,14H,3-8,11,13H2,1-2H3,(H,23,27)(H2,22,24,28)/t14-/m1/s1. The molecule has 3 N–H and O–H groups in total. The van der Waals surface area contributed by atoms with Gasteiger partial charge in [-0.3, -0.25) is 20.4 Å². The van der Waals surface area contributed by atoms with Gasteiger partial charge in [-0.25, -0.2) is 0 Å². The second-order valence-electron chi connectivity index (χ2n) is 7.20. The van der Waals surface area contributed by atoms with E-state index in [1.165, 1.54) is 19.3 Å². The number of nitrogens with zero attached hydrogens (tertiary/aromatic N) is 1. The summed E-state index contributed by atoms with van der Waals surface area (Å²) in [5, 5.41) is 3.97. The van der Waals surface area contributed by atoms with Gasteiger partial charge in [-0.2, -0.15) is 0 Å². The van der Waals surface area contributed by atoms with Gasteiger partial charge in [0.15, 0.2) is 5.11 Å². The van der Waals surface area contributed by atoms with Gasteiger partial charge >= 0.3 is 0 Å². The molecular formula is C20H29ClN4O2S. The zero-order valence-corrected chi connectivity index (χ0v) is 18.1. The first-order valence-electron chi connectivity index (χ1n) is 9.86. The molecule has 1 saturated heterocycles. The summed E-state index contributed by atoms with van der Waals surface area (Å²) in [5.41, 5.74) is 6.23. The van der Waals surface area contributed by atoms with Crippen molar-refractivity contribution in [1.82, 2.24) is 16.2 Å². The van der Waals surface area contributed by atoms with E-state index < -0.39 is 0 Å². The van der Waals surface area contributed by atoms with Crippen LogP contribution in [0.3, 0.4) is 0 Å². The van der Waals surface area contributed by atoms with E-state index in [0.29, 0.717) is 40.3 Å². The monoisotopic (exact) mass is 424 g/mol. The van der Waals surface area contributed by atoms with E-state index in [0.717, 1.165) is 19.4 Å². The molecule has 2 rings (SSSR count). The third-order valence-corrected chi connectivity index (χ3v) is 5.25. The third kappa shape index (κ3) is 6.63. The third-order valence-electron chi connectivity index (χ3n) is 4.77. The van der Waals surface area contributed by atoms with E-state index in [1.807, 2.05) is 0 Å². The topological polar surface area (TPSA) is 73.5 Å². The van der Waals surface area contributed by atoms with Crippen molar-refractivity contribution in [2.75, 3.05) is 18.0 Å². The predicted molar refractivity (Wildman–Crippen MR) is 118 cm³/mol. The van der Waals surface area contributed by atoms with Crippen molar-refractivity contribution in [3.8, 4) is 0 Å². The Balaban J connectivity index is 1.87. The minimum Gasteiger partial charge on any atom is -0.361 e. The summed E-state index contributed by atoms with van der Waals surface area (Å²) in [5.74, 6) is 0.135. The van der Waals surface area contributed by atoms with E-state index in [2.05, 4.69) is 30.0 Å². The fourth-order valence-electron chi connectivity index (χ4n) is 3.16. The number of anilines is 1. The lowest BCUT2D eigenvalue weighted by molar-refractivity contribution is -0.117. The zero-order chi connectivity index (χ0) is 20.5. The maximum atomic E-state index is 12.6. The Morgan fingerprint density at radius 3 is 2.79 bits per heavy atom. The molecule has 1 atom stereocenters. The number of carbonyl (C=O) groups excluding carboxylic acids is 2. The molecule has 6 nitrogen and oxygen atoms in total. The number of hydrazine groups is 1. The normalized spacial score (nSPS) is 14.7. The quantitative estimate of drug-likeness (QED) is 0.336. The molecule has 0 radical (unpaired) electrons. The molecule has 1 aromatic rings. The molecule has 0 bridgehead atoms. The van der Waals surface area contributed by atoms with Crippen molar-refractivity contribution in [2.45, 2.75) is 52.4 Å². The minimum absolute atomic E-state index is 0.00137. The van der Waals surface area contributed by atoms with Crippen LogP contribution in [-0.4, -0.2) is 30.0 Å². The Morgan fingerprint density at radius 1 is 1.32 bits per heavy atom. The molecule has 0 unspecified atom stereocenters. The minimum atomic E-state index is -0.369. The lowest BCUT2D eigenvalue weighted by Gasteiger charge is -2.20. The molecule has 154 valence electrons. The van der Waals surface area contributed by atoms with Crippen LogP contribution in [-0.2, 0) is 4.79 Å². The van der Waals surface area contributed by atoms with Gasteiger partial charge < -0.3 is 10.2 Å². The summed E-state index contributed by atoms with van der Waals surface area (Å²) in [6, 6.07) is 4.90.